The van der Waals surface area contributed by atoms with E-state index in [4.69, 9.17) is 0 Å². The highest BCUT2D eigenvalue weighted by Crippen LogP contribution is 2.27. The zero-order valence-electron chi connectivity index (χ0n) is 8.35. The van der Waals surface area contributed by atoms with E-state index in [1.54, 1.807) is 24.3 Å². The Morgan fingerprint density at radius 2 is 1.88 bits per heavy atom. The van der Waals surface area contributed by atoms with Crippen molar-refractivity contribution in [1.82, 2.24) is 0 Å². The van der Waals surface area contributed by atoms with Gasteiger partial charge in [0.1, 0.15) is 4.21 Å². The second-order valence-corrected chi connectivity index (χ2v) is 6.94. The van der Waals surface area contributed by atoms with Crippen molar-refractivity contribution in [2.75, 3.05) is 4.72 Å². The van der Waals surface area contributed by atoms with Crippen LogP contribution in [0.1, 0.15) is 0 Å². The maximum atomic E-state index is 12.8. The number of halogens is 2. The van der Waals surface area contributed by atoms with E-state index in [1.807, 2.05) is 0 Å². The van der Waals surface area contributed by atoms with Gasteiger partial charge >= 0.3 is 0 Å². The van der Waals surface area contributed by atoms with Crippen LogP contribution < -0.4 is 4.72 Å². The Bertz CT molecular complexity index is 639. The van der Waals surface area contributed by atoms with E-state index >= 15 is 0 Å². The third-order valence-corrected chi connectivity index (χ3v) is 5.35. The summed E-state index contributed by atoms with van der Waals surface area (Å²) in [6.45, 7) is 0. The largest absolute Gasteiger partial charge is 0.278 e. The normalized spacial score (nSPS) is 11.4. The monoisotopic (exact) mass is 335 g/mol. The van der Waals surface area contributed by atoms with Gasteiger partial charge in [0.05, 0.1) is 5.69 Å². The molecule has 0 amide bonds. The standard InChI is InChI=1S/C10H7BrFNO2S2/c11-7-3-1-2-4-8(7)13-17(14,15)10-6-5-9(12)16-10/h1-6,13H. The summed E-state index contributed by atoms with van der Waals surface area (Å²) >= 11 is 3.82. The zero-order valence-corrected chi connectivity index (χ0v) is 11.6. The molecule has 1 N–H and O–H groups in total. The Hall–Kier alpha value is -0.920. The average Bonchev–Trinajstić information content (AvgIpc) is 2.69. The molecular formula is C10H7BrFNO2S2. The first kappa shape index (κ1) is 12.5. The van der Waals surface area contributed by atoms with Gasteiger partial charge < -0.3 is 0 Å². The van der Waals surface area contributed by atoms with Crippen LogP contribution in [-0.4, -0.2) is 8.42 Å². The molecule has 0 fully saturated rings. The molecule has 17 heavy (non-hydrogen) atoms. The van der Waals surface area contributed by atoms with Crippen LogP contribution in [0.25, 0.3) is 0 Å². The van der Waals surface area contributed by atoms with Gasteiger partial charge in [-0.3, -0.25) is 4.72 Å². The molecule has 0 aliphatic rings. The molecule has 0 spiro atoms. The van der Waals surface area contributed by atoms with Crippen LogP contribution in [0.3, 0.4) is 0 Å². The number of sulfonamides is 1. The van der Waals surface area contributed by atoms with E-state index < -0.39 is 15.2 Å². The SMILES string of the molecule is O=S(=O)(Nc1ccccc1Br)c1ccc(F)s1. The zero-order chi connectivity index (χ0) is 12.5. The fraction of sp³-hybridized carbons (Fsp3) is 0. The number of hydrogen-bond acceptors (Lipinski definition) is 3. The predicted octanol–water partition coefficient (Wildman–Crippen LogP) is 3.45. The van der Waals surface area contributed by atoms with Crippen molar-refractivity contribution in [3.8, 4) is 0 Å². The molecule has 1 heterocycles. The number of nitrogens with one attached hydrogen (secondary N) is 1. The Labute approximate surface area is 110 Å². The Kier molecular flexibility index (Phi) is 3.50. The van der Waals surface area contributed by atoms with Gasteiger partial charge in [-0.15, -0.1) is 0 Å². The number of anilines is 1. The van der Waals surface area contributed by atoms with Gasteiger partial charge in [0, 0.05) is 4.47 Å². The van der Waals surface area contributed by atoms with Crippen molar-refractivity contribution in [3.05, 3.63) is 46.0 Å². The van der Waals surface area contributed by atoms with Gasteiger partial charge in [-0.2, -0.15) is 4.39 Å². The molecule has 0 atom stereocenters. The first-order valence-electron chi connectivity index (χ1n) is 4.52. The molecule has 2 rings (SSSR count). The molecule has 0 saturated heterocycles. The van der Waals surface area contributed by atoms with Crippen LogP contribution in [0.5, 0.6) is 0 Å². The van der Waals surface area contributed by atoms with Gasteiger partial charge in [-0.1, -0.05) is 23.5 Å². The highest BCUT2D eigenvalue weighted by molar-refractivity contribution is 9.10. The van der Waals surface area contributed by atoms with Crippen LogP contribution in [0.15, 0.2) is 45.1 Å². The maximum absolute atomic E-state index is 12.8. The van der Waals surface area contributed by atoms with Crippen LogP contribution in [0, 0.1) is 5.13 Å². The summed E-state index contributed by atoms with van der Waals surface area (Å²) in [6.07, 6.45) is 0. The Morgan fingerprint density at radius 1 is 1.18 bits per heavy atom. The molecule has 2 aromatic rings. The van der Waals surface area contributed by atoms with Crippen molar-refractivity contribution >= 4 is 43.0 Å². The lowest BCUT2D eigenvalue weighted by Crippen LogP contribution is -2.11. The maximum Gasteiger partial charge on any atom is 0.271 e. The number of rotatable bonds is 3. The summed E-state index contributed by atoms with van der Waals surface area (Å²) in [7, 11) is -3.72. The van der Waals surface area contributed by atoms with Gasteiger partial charge in [-0.25, -0.2) is 8.42 Å². The average molecular weight is 336 g/mol. The van der Waals surface area contributed by atoms with Crippen molar-refractivity contribution < 1.29 is 12.8 Å². The molecule has 0 unspecified atom stereocenters. The second kappa shape index (κ2) is 4.75. The van der Waals surface area contributed by atoms with Crippen molar-refractivity contribution in [2.45, 2.75) is 4.21 Å². The summed E-state index contributed by atoms with van der Waals surface area (Å²) < 4.78 is 39.5. The summed E-state index contributed by atoms with van der Waals surface area (Å²) in [5, 5.41) is -0.530. The Balaban J connectivity index is 2.33. The molecule has 7 heteroatoms. The van der Waals surface area contributed by atoms with E-state index in [0.717, 1.165) is 6.07 Å². The minimum absolute atomic E-state index is 0.0502. The number of thiophene rings is 1. The lowest BCUT2D eigenvalue weighted by Gasteiger charge is -2.07. The molecule has 3 nitrogen and oxygen atoms in total. The molecular weight excluding hydrogens is 329 g/mol. The Morgan fingerprint density at radius 3 is 2.47 bits per heavy atom. The number of benzene rings is 1. The van der Waals surface area contributed by atoms with Crippen molar-refractivity contribution in [1.29, 1.82) is 0 Å². The van der Waals surface area contributed by atoms with Gasteiger partial charge in [0.25, 0.3) is 10.0 Å². The third-order valence-electron chi connectivity index (χ3n) is 1.93. The fourth-order valence-electron chi connectivity index (χ4n) is 1.18. The summed E-state index contributed by atoms with van der Waals surface area (Å²) in [4.78, 5) is 0. The fourth-order valence-corrected chi connectivity index (χ4v) is 3.78. The lowest BCUT2D eigenvalue weighted by atomic mass is 10.3. The molecule has 0 aliphatic carbocycles. The molecule has 0 bridgehead atoms. The summed E-state index contributed by atoms with van der Waals surface area (Å²) in [5.41, 5.74) is 0.418. The second-order valence-electron chi connectivity index (χ2n) is 3.14. The summed E-state index contributed by atoms with van der Waals surface area (Å²) in [6, 6.07) is 9.17. The van der Waals surface area contributed by atoms with Crippen molar-refractivity contribution in [2.24, 2.45) is 0 Å². The predicted molar refractivity (Wildman–Crippen MR) is 69.2 cm³/mol. The molecule has 1 aromatic heterocycles. The quantitative estimate of drug-likeness (QED) is 0.933. The smallest absolute Gasteiger partial charge is 0.271 e. The van der Waals surface area contributed by atoms with E-state index in [9.17, 15) is 12.8 Å². The van der Waals surface area contributed by atoms with Crippen LogP contribution in [0.2, 0.25) is 0 Å². The minimum Gasteiger partial charge on any atom is -0.278 e. The third kappa shape index (κ3) is 2.85. The number of para-hydroxylation sites is 1. The first-order chi connectivity index (χ1) is 7.99. The highest BCUT2D eigenvalue weighted by atomic mass is 79.9. The molecule has 0 radical (unpaired) electrons. The number of hydrogen-bond donors (Lipinski definition) is 1. The van der Waals surface area contributed by atoms with Crippen molar-refractivity contribution in [3.63, 3.8) is 0 Å². The van der Waals surface area contributed by atoms with E-state index in [1.165, 1.54) is 6.07 Å². The summed E-state index contributed by atoms with van der Waals surface area (Å²) in [5.74, 6) is 0. The molecule has 0 saturated carbocycles. The molecule has 0 aliphatic heterocycles. The highest BCUT2D eigenvalue weighted by Gasteiger charge is 2.17. The van der Waals surface area contributed by atoms with Crippen LogP contribution in [0.4, 0.5) is 10.1 Å². The van der Waals surface area contributed by atoms with Gasteiger partial charge in [-0.05, 0) is 40.2 Å². The van der Waals surface area contributed by atoms with Gasteiger partial charge in [0.15, 0.2) is 5.13 Å². The molecule has 1 aromatic carbocycles. The topological polar surface area (TPSA) is 46.2 Å². The van der Waals surface area contributed by atoms with Crippen LogP contribution in [-0.2, 0) is 10.0 Å². The van der Waals surface area contributed by atoms with E-state index in [2.05, 4.69) is 20.7 Å². The minimum atomic E-state index is -3.72. The first-order valence-corrected chi connectivity index (χ1v) is 7.61. The van der Waals surface area contributed by atoms with Gasteiger partial charge in [0.2, 0.25) is 0 Å². The lowest BCUT2D eigenvalue weighted by molar-refractivity contribution is 0.603. The van der Waals surface area contributed by atoms with Crippen LogP contribution >= 0.6 is 27.3 Å². The van der Waals surface area contributed by atoms with E-state index in [0.29, 0.717) is 21.5 Å². The van der Waals surface area contributed by atoms with E-state index in [-0.39, 0.29) is 4.21 Å². The molecule has 90 valence electrons.